The summed E-state index contributed by atoms with van der Waals surface area (Å²) in [5, 5.41) is 26.0. The third kappa shape index (κ3) is 3.28. The van der Waals surface area contributed by atoms with E-state index in [0.29, 0.717) is 29.6 Å². The summed E-state index contributed by atoms with van der Waals surface area (Å²) in [7, 11) is 0. The van der Waals surface area contributed by atoms with Gasteiger partial charge in [-0.15, -0.1) is 15.3 Å². The zero-order valence-corrected chi connectivity index (χ0v) is 15.0. The number of hydrogen-bond donors (Lipinski definition) is 1. The standard InChI is InChI=1S/C16H15ClFN7O2/c1-9-19-21-15-8-23(14(16(26)27)7-24(9)15)5-11-6-25(22-20-11)13-3-2-10(18)4-12(13)17/h2-4,6,14H,5,7-8H2,1H3,(H,26,27). The molecule has 140 valence electrons. The van der Waals surface area contributed by atoms with E-state index in [1.165, 1.54) is 22.9 Å². The van der Waals surface area contributed by atoms with Crippen LogP contribution < -0.4 is 0 Å². The maximum atomic E-state index is 13.2. The molecule has 0 radical (unpaired) electrons. The van der Waals surface area contributed by atoms with E-state index in [-0.39, 0.29) is 18.1 Å². The minimum atomic E-state index is -0.928. The summed E-state index contributed by atoms with van der Waals surface area (Å²) in [6.45, 7) is 2.66. The van der Waals surface area contributed by atoms with Crippen LogP contribution in [0.1, 0.15) is 17.3 Å². The number of carboxylic acid groups (broad SMARTS) is 1. The highest BCUT2D eigenvalue weighted by Crippen LogP contribution is 2.23. The topological polar surface area (TPSA) is 102 Å². The summed E-state index contributed by atoms with van der Waals surface area (Å²) in [6.07, 6.45) is 1.64. The van der Waals surface area contributed by atoms with Gasteiger partial charge < -0.3 is 9.67 Å². The number of aryl methyl sites for hydroxylation is 1. The van der Waals surface area contributed by atoms with E-state index >= 15 is 0 Å². The van der Waals surface area contributed by atoms with E-state index in [9.17, 15) is 14.3 Å². The molecule has 3 heterocycles. The number of aliphatic carboxylic acids is 1. The first-order valence-electron chi connectivity index (χ1n) is 8.14. The summed E-state index contributed by atoms with van der Waals surface area (Å²) < 4.78 is 16.5. The van der Waals surface area contributed by atoms with Crippen LogP contribution in [0.15, 0.2) is 24.4 Å². The number of carboxylic acids is 1. The number of carbonyl (C=O) groups is 1. The first-order valence-corrected chi connectivity index (χ1v) is 8.52. The van der Waals surface area contributed by atoms with Gasteiger partial charge in [0.05, 0.1) is 35.7 Å². The molecule has 0 fully saturated rings. The molecule has 1 N–H and O–H groups in total. The van der Waals surface area contributed by atoms with Crippen molar-refractivity contribution in [2.45, 2.75) is 32.6 Å². The summed E-state index contributed by atoms with van der Waals surface area (Å²) in [5.41, 5.74) is 1.05. The molecule has 1 aliphatic rings. The smallest absolute Gasteiger partial charge is 0.322 e. The molecule has 0 amide bonds. The predicted molar refractivity (Wildman–Crippen MR) is 91.8 cm³/mol. The van der Waals surface area contributed by atoms with Gasteiger partial charge in [0.2, 0.25) is 0 Å². The second kappa shape index (κ2) is 6.71. The van der Waals surface area contributed by atoms with Gasteiger partial charge in [-0.25, -0.2) is 9.07 Å². The molecule has 1 unspecified atom stereocenters. The van der Waals surface area contributed by atoms with Crippen molar-refractivity contribution < 1.29 is 14.3 Å². The van der Waals surface area contributed by atoms with Gasteiger partial charge in [-0.2, -0.15) is 0 Å². The van der Waals surface area contributed by atoms with E-state index in [1.54, 1.807) is 18.0 Å². The molecular formula is C16H15ClFN7O2. The highest BCUT2D eigenvalue weighted by atomic mass is 35.5. The van der Waals surface area contributed by atoms with Gasteiger partial charge in [0.25, 0.3) is 0 Å². The number of halogens is 2. The van der Waals surface area contributed by atoms with Crippen molar-refractivity contribution in [2.24, 2.45) is 0 Å². The quantitative estimate of drug-likeness (QED) is 0.717. The first-order chi connectivity index (χ1) is 12.9. The fourth-order valence-electron chi connectivity index (χ4n) is 3.12. The summed E-state index contributed by atoms with van der Waals surface area (Å²) in [6, 6.07) is 3.25. The van der Waals surface area contributed by atoms with Gasteiger partial charge in [-0.05, 0) is 25.1 Å². The molecule has 0 spiro atoms. The molecule has 0 bridgehead atoms. The van der Waals surface area contributed by atoms with Crippen LogP contribution >= 0.6 is 11.6 Å². The highest BCUT2D eigenvalue weighted by Gasteiger charge is 2.33. The lowest BCUT2D eigenvalue weighted by Gasteiger charge is -2.32. The molecule has 27 heavy (non-hydrogen) atoms. The Morgan fingerprint density at radius 3 is 2.93 bits per heavy atom. The molecule has 11 heteroatoms. The van der Waals surface area contributed by atoms with E-state index in [2.05, 4.69) is 20.5 Å². The average molecular weight is 392 g/mol. The molecule has 3 aromatic rings. The Kier molecular flexibility index (Phi) is 4.36. The normalized spacial score (nSPS) is 17.1. The lowest BCUT2D eigenvalue weighted by molar-refractivity contribution is -0.145. The summed E-state index contributed by atoms with van der Waals surface area (Å²) >= 11 is 6.05. The second-order valence-corrected chi connectivity index (χ2v) is 6.69. The van der Waals surface area contributed by atoms with E-state index in [4.69, 9.17) is 11.6 Å². The molecule has 9 nitrogen and oxygen atoms in total. The van der Waals surface area contributed by atoms with Crippen LogP contribution in [0.3, 0.4) is 0 Å². The van der Waals surface area contributed by atoms with Crippen molar-refractivity contribution in [3.63, 3.8) is 0 Å². The molecule has 2 aromatic heterocycles. The van der Waals surface area contributed by atoms with Gasteiger partial charge in [0.1, 0.15) is 23.5 Å². The van der Waals surface area contributed by atoms with Gasteiger partial charge in [0.15, 0.2) is 0 Å². The van der Waals surface area contributed by atoms with Crippen molar-refractivity contribution >= 4 is 17.6 Å². The zero-order chi connectivity index (χ0) is 19.1. The maximum Gasteiger partial charge on any atom is 0.322 e. The molecule has 1 aromatic carbocycles. The second-order valence-electron chi connectivity index (χ2n) is 6.28. The van der Waals surface area contributed by atoms with E-state index in [0.717, 1.165) is 0 Å². The van der Waals surface area contributed by atoms with E-state index in [1.807, 2.05) is 4.57 Å². The fraction of sp³-hybridized carbons (Fsp3) is 0.312. The SMILES string of the molecule is Cc1nnc2n1CC(C(=O)O)N(Cc1cn(-c3ccc(F)cc3Cl)nn1)C2. The molecule has 0 saturated carbocycles. The van der Waals surface area contributed by atoms with Gasteiger partial charge in [-0.1, -0.05) is 16.8 Å². The fourth-order valence-corrected chi connectivity index (χ4v) is 3.38. The molecule has 0 aliphatic carbocycles. The summed E-state index contributed by atoms with van der Waals surface area (Å²) in [5.74, 6) is 0.0237. The highest BCUT2D eigenvalue weighted by molar-refractivity contribution is 6.32. The van der Waals surface area contributed by atoms with Crippen molar-refractivity contribution in [2.75, 3.05) is 0 Å². The van der Waals surface area contributed by atoms with Crippen LogP contribution in [-0.2, 0) is 24.4 Å². The van der Waals surface area contributed by atoms with Gasteiger partial charge in [0, 0.05) is 6.54 Å². The van der Waals surface area contributed by atoms with Crippen LogP contribution in [-0.4, -0.2) is 51.8 Å². The number of hydrogen-bond acceptors (Lipinski definition) is 6. The van der Waals surface area contributed by atoms with Gasteiger partial charge >= 0.3 is 5.97 Å². The lowest BCUT2D eigenvalue weighted by atomic mass is 10.1. The lowest BCUT2D eigenvalue weighted by Crippen LogP contribution is -2.47. The Labute approximate surface area is 158 Å². The number of benzene rings is 1. The Balaban J connectivity index is 1.58. The predicted octanol–water partition coefficient (Wildman–Crippen LogP) is 1.43. The zero-order valence-electron chi connectivity index (χ0n) is 14.2. The van der Waals surface area contributed by atoms with Gasteiger partial charge in [-0.3, -0.25) is 9.69 Å². The van der Waals surface area contributed by atoms with Crippen LogP contribution in [0.4, 0.5) is 4.39 Å². The van der Waals surface area contributed by atoms with E-state index < -0.39 is 17.8 Å². The third-order valence-corrected chi connectivity index (χ3v) is 4.80. The number of nitrogens with zero attached hydrogens (tertiary/aromatic N) is 7. The Morgan fingerprint density at radius 1 is 1.37 bits per heavy atom. The summed E-state index contributed by atoms with van der Waals surface area (Å²) in [4.78, 5) is 13.5. The largest absolute Gasteiger partial charge is 0.480 e. The Morgan fingerprint density at radius 2 is 2.19 bits per heavy atom. The first kappa shape index (κ1) is 17.6. The van der Waals surface area contributed by atoms with Crippen molar-refractivity contribution in [3.8, 4) is 5.69 Å². The minimum absolute atomic E-state index is 0.205. The van der Waals surface area contributed by atoms with Crippen molar-refractivity contribution in [1.29, 1.82) is 0 Å². The molecular weight excluding hydrogens is 377 g/mol. The molecule has 1 atom stereocenters. The third-order valence-electron chi connectivity index (χ3n) is 4.50. The Hall–Kier alpha value is -2.85. The molecule has 0 saturated heterocycles. The minimum Gasteiger partial charge on any atom is -0.480 e. The van der Waals surface area contributed by atoms with Crippen LogP contribution in [0, 0.1) is 12.7 Å². The molecule has 1 aliphatic heterocycles. The van der Waals surface area contributed by atoms with Crippen molar-refractivity contribution in [1.82, 2.24) is 34.7 Å². The average Bonchev–Trinajstić information content (AvgIpc) is 3.21. The monoisotopic (exact) mass is 391 g/mol. The number of aromatic nitrogens is 6. The number of rotatable bonds is 4. The Bertz CT molecular complexity index is 1020. The van der Waals surface area contributed by atoms with Crippen LogP contribution in [0.5, 0.6) is 0 Å². The van der Waals surface area contributed by atoms with Crippen LogP contribution in [0.25, 0.3) is 5.69 Å². The molecule has 4 rings (SSSR count). The maximum absolute atomic E-state index is 13.2. The number of fused-ring (bicyclic) bond motifs is 1. The van der Waals surface area contributed by atoms with Crippen molar-refractivity contribution in [3.05, 3.63) is 52.6 Å². The van der Waals surface area contributed by atoms with Crippen LogP contribution in [0.2, 0.25) is 5.02 Å².